The SMILES string of the molecule is Cc1ccc(OCCNc2ccccc2C)cn1. The van der Waals surface area contributed by atoms with E-state index in [0.29, 0.717) is 6.61 Å². The number of benzene rings is 1. The first-order valence-electron chi connectivity index (χ1n) is 6.10. The molecule has 0 aliphatic heterocycles. The van der Waals surface area contributed by atoms with E-state index in [-0.39, 0.29) is 0 Å². The summed E-state index contributed by atoms with van der Waals surface area (Å²) in [4.78, 5) is 4.18. The molecule has 2 aromatic rings. The highest BCUT2D eigenvalue weighted by Crippen LogP contribution is 2.13. The molecular weight excluding hydrogens is 224 g/mol. The van der Waals surface area contributed by atoms with E-state index >= 15 is 0 Å². The lowest BCUT2D eigenvalue weighted by Gasteiger charge is -2.10. The van der Waals surface area contributed by atoms with E-state index in [1.165, 1.54) is 5.56 Å². The van der Waals surface area contributed by atoms with Gasteiger partial charge in [0.05, 0.1) is 6.20 Å². The van der Waals surface area contributed by atoms with Crippen molar-refractivity contribution in [1.82, 2.24) is 4.98 Å². The Bertz CT molecular complexity index is 494. The third kappa shape index (κ3) is 3.48. The second kappa shape index (κ2) is 6.05. The molecule has 1 aromatic heterocycles. The zero-order chi connectivity index (χ0) is 12.8. The number of ether oxygens (including phenoxy) is 1. The third-order valence-corrected chi connectivity index (χ3v) is 2.72. The predicted molar refractivity (Wildman–Crippen MR) is 74.1 cm³/mol. The fraction of sp³-hybridized carbons (Fsp3) is 0.267. The van der Waals surface area contributed by atoms with E-state index in [2.05, 4.69) is 29.4 Å². The summed E-state index contributed by atoms with van der Waals surface area (Å²) in [5.41, 5.74) is 3.40. The van der Waals surface area contributed by atoms with Gasteiger partial charge in [0.2, 0.25) is 0 Å². The van der Waals surface area contributed by atoms with Crippen LogP contribution in [0.4, 0.5) is 5.69 Å². The number of para-hydroxylation sites is 1. The van der Waals surface area contributed by atoms with Crippen LogP contribution in [-0.4, -0.2) is 18.1 Å². The van der Waals surface area contributed by atoms with Crippen molar-refractivity contribution >= 4 is 5.69 Å². The lowest BCUT2D eigenvalue weighted by atomic mass is 10.2. The first kappa shape index (κ1) is 12.4. The quantitative estimate of drug-likeness (QED) is 0.818. The minimum absolute atomic E-state index is 0.624. The Morgan fingerprint density at radius 2 is 1.94 bits per heavy atom. The Labute approximate surface area is 108 Å². The van der Waals surface area contributed by atoms with Crippen LogP contribution < -0.4 is 10.1 Å². The van der Waals surface area contributed by atoms with Crippen LogP contribution in [0.5, 0.6) is 5.75 Å². The van der Waals surface area contributed by atoms with Crippen LogP contribution in [0.2, 0.25) is 0 Å². The first-order valence-corrected chi connectivity index (χ1v) is 6.10. The van der Waals surface area contributed by atoms with Crippen molar-refractivity contribution in [3.8, 4) is 5.75 Å². The molecule has 0 spiro atoms. The molecule has 94 valence electrons. The number of nitrogens with one attached hydrogen (secondary N) is 1. The minimum atomic E-state index is 0.624. The highest BCUT2D eigenvalue weighted by molar-refractivity contribution is 5.50. The monoisotopic (exact) mass is 242 g/mol. The van der Waals surface area contributed by atoms with Crippen LogP contribution in [0.3, 0.4) is 0 Å². The smallest absolute Gasteiger partial charge is 0.137 e. The largest absolute Gasteiger partial charge is 0.490 e. The number of hydrogen-bond donors (Lipinski definition) is 1. The van der Waals surface area contributed by atoms with Gasteiger partial charge in [0.15, 0.2) is 0 Å². The van der Waals surface area contributed by atoms with E-state index in [0.717, 1.165) is 23.7 Å². The molecule has 3 nitrogen and oxygen atoms in total. The lowest BCUT2D eigenvalue weighted by Crippen LogP contribution is -2.12. The van der Waals surface area contributed by atoms with Crippen molar-refractivity contribution in [3.05, 3.63) is 53.9 Å². The molecular formula is C15H18N2O. The maximum Gasteiger partial charge on any atom is 0.137 e. The van der Waals surface area contributed by atoms with Gasteiger partial charge in [0.1, 0.15) is 12.4 Å². The van der Waals surface area contributed by atoms with E-state index in [9.17, 15) is 0 Å². The van der Waals surface area contributed by atoms with Crippen molar-refractivity contribution < 1.29 is 4.74 Å². The summed E-state index contributed by atoms with van der Waals surface area (Å²) in [6, 6.07) is 12.1. The Morgan fingerprint density at radius 1 is 1.11 bits per heavy atom. The maximum atomic E-state index is 5.60. The van der Waals surface area contributed by atoms with E-state index in [1.807, 2.05) is 31.2 Å². The van der Waals surface area contributed by atoms with Gasteiger partial charge in [-0.1, -0.05) is 18.2 Å². The minimum Gasteiger partial charge on any atom is -0.490 e. The van der Waals surface area contributed by atoms with Gasteiger partial charge in [-0.05, 0) is 37.6 Å². The summed E-state index contributed by atoms with van der Waals surface area (Å²) in [6.07, 6.45) is 1.75. The van der Waals surface area contributed by atoms with E-state index in [4.69, 9.17) is 4.74 Å². The average molecular weight is 242 g/mol. The zero-order valence-electron chi connectivity index (χ0n) is 10.8. The summed E-state index contributed by atoms with van der Waals surface area (Å²) in [5, 5.41) is 3.35. The van der Waals surface area contributed by atoms with E-state index in [1.54, 1.807) is 6.20 Å². The molecule has 2 rings (SSSR count). The topological polar surface area (TPSA) is 34.1 Å². The fourth-order valence-electron chi connectivity index (χ4n) is 1.67. The number of pyridine rings is 1. The number of rotatable bonds is 5. The number of anilines is 1. The highest BCUT2D eigenvalue weighted by atomic mass is 16.5. The Hall–Kier alpha value is -2.03. The second-order valence-corrected chi connectivity index (χ2v) is 4.23. The molecule has 0 atom stereocenters. The molecule has 0 radical (unpaired) electrons. The standard InChI is InChI=1S/C15H18N2O/c1-12-5-3-4-6-15(12)16-9-10-18-14-8-7-13(2)17-11-14/h3-8,11,16H,9-10H2,1-2H3. The lowest BCUT2D eigenvalue weighted by molar-refractivity contribution is 0.331. The molecule has 1 heterocycles. The zero-order valence-corrected chi connectivity index (χ0v) is 10.8. The Balaban J connectivity index is 1.76. The molecule has 0 unspecified atom stereocenters. The summed E-state index contributed by atoms with van der Waals surface area (Å²) in [7, 11) is 0. The molecule has 3 heteroatoms. The van der Waals surface area contributed by atoms with Gasteiger partial charge >= 0.3 is 0 Å². The first-order chi connectivity index (χ1) is 8.75. The summed E-state index contributed by atoms with van der Waals surface area (Å²) < 4.78 is 5.60. The number of hydrogen-bond acceptors (Lipinski definition) is 3. The molecule has 0 aliphatic carbocycles. The van der Waals surface area contributed by atoms with Crippen LogP contribution in [0.1, 0.15) is 11.3 Å². The van der Waals surface area contributed by atoms with Crippen LogP contribution in [0.25, 0.3) is 0 Å². The van der Waals surface area contributed by atoms with Gasteiger partial charge in [-0.25, -0.2) is 0 Å². The van der Waals surface area contributed by atoms with Crippen LogP contribution in [0, 0.1) is 13.8 Å². The number of aryl methyl sites for hydroxylation is 2. The Kier molecular flexibility index (Phi) is 4.18. The van der Waals surface area contributed by atoms with Gasteiger partial charge in [0.25, 0.3) is 0 Å². The third-order valence-electron chi connectivity index (χ3n) is 2.72. The molecule has 1 aromatic carbocycles. The molecule has 0 bridgehead atoms. The van der Waals surface area contributed by atoms with Gasteiger partial charge in [-0.15, -0.1) is 0 Å². The van der Waals surface area contributed by atoms with Crippen molar-refractivity contribution in [2.24, 2.45) is 0 Å². The second-order valence-electron chi connectivity index (χ2n) is 4.23. The summed E-state index contributed by atoms with van der Waals surface area (Å²) in [6.45, 7) is 5.45. The van der Waals surface area contributed by atoms with E-state index < -0.39 is 0 Å². The van der Waals surface area contributed by atoms with Crippen molar-refractivity contribution in [2.45, 2.75) is 13.8 Å². The van der Waals surface area contributed by atoms with Crippen molar-refractivity contribution in [3.63, 3.8) is 0 Å². The summed E-state index contributed by atoms with van der Waals surface area (Å²) in [5.74, 6) is 0.812. The van der Waals surface area contributed by atoms with Gasteiger partial charge in [0, 0.05) is 17.9 Å². The molecule has 0 amide bonds. The molecule has 18 heavy (non-hydrogen) atoms. The van der Waals surface area contributed by atoms with Crippen LogP contribution in [-0.2, 0) is 0 Å². The molecule has 0 fully saturated rings. The fourth-order valence-corrected chi connectivity index (χ4v) is 1.67. The molecule has 0 aliphatic rings. The highest BCUT2D eigenvalue weighted by Gasteiger charge is 1.96. The summed E-state index contributed by atoms with van der Waals surface area (Å²) >= 11 is 0. The van der Waals surface area contributed by atoms with Gasteiger partial charge < -0.3 is 10.1 Å². The average Bonchev–Trinajstić information content (AvgIpc) is 2.39. The van der Waals surface area contributed by atoms with Gasteiger partial charge in [-0.2, -0.15) is 0 Å². The predicted octanol–water partition coefficient (Wildman–Crippen LogP) is 3.19. The molecule has 0 saturated heterocycles. The van der Waals surface area contributed by atoms with Gasteiger partial charge in [-0.3, -0.25) is 4.98 Å². The molecule has 0 saturated carbocycles. The number of aromatic nitrogens is 1. The maximum absolute atomic E-state index is 5.60. The van der Waals surface area contributed by atoms with Crippen LogP contribution >= 0.6 is 0 Å². The normalized spacial score (nSPS) is 10.1. The molecule has 1 N–H and O–H groups in total. The number of nitrogens with zero attached hydrogens (tertiary/aromatic N) is 1. The van der Waals surface area contributed by atoms with Crippen LogP contribution in [0.15, 0.2) is 42.6 Å². The van der Waals surface area contributed by atoms with Crippen molar-refractivity contribution in [1.29, 1.82) is 0 Å². The Morgan fingerprint density at radius 3 is 2.67 bits per heavy atom. The van der Waals surface area contributed by atoms with Crippen molar-refractivity contribution in [2.75, 3.05) is 18.5 Å².